The summed E-state index contributed by atoms with van der Waals surface area (Å²) in [6.45, 7) is 8.48. The molecule has 0 saturated heterocycles. The lowest BCUT2D eigenvalue weighted by Crippen LogP contribution is -2.15. The van der Waals surface area contributed by atoms with E-state index in [1.54, 1.807) is 0 Å². The third kappa shape index (κ3) is 5.09. The fourth-order valence-electron chi connectivity index (χ4n) is 1.77. The molecule has 0 aromatic heterocycles. The van der Waals surface area contributed by atoms with Crippen LogP contribution in [0, 0.1) is 5.41 Å². The second-order valence-corrected chi connectivity index (χ2v) is 6.46. The normalized spacial score (nSPS) is 15.7. The molecular formula is C16H25NO. The molecule has 0 aliphatic heterocycles. The molecule has 0 spiro atoms. The quantitative estimate of drug-likeness (QED) is 0.826. The maximum absolute atomic E-state index is 5.82. The predicted octanol–water partition coefficient (Wildman–Crippen LogP) is 3.75. The monoisotopic (exact) mass is 247 g/mol. The van der Waals surface area contributed by atoms with Crippen molar-refractivity contribution in [2.24, 2.45) is 5.41 Å². The zero-order valence-electron chi connectivity index (χ0n) is 11.8. The Kier molecular flexibility index (Phi) is 4.28. The van der Waals surface area contributed by atoms with Gasteiger partial charge in [0.05, 0.1) is 6.61 Å². The van der Waals surface area contributed by atoms with Gasteiger partial charge in [0.1, 0.15) is 5.75 Å². The fourth-order valence-corrected chi connectivity index (χ4v) is 1.77. The minimum atomic E-state index is 0.338. The van der Waals surface area contributed by atoms with Crippen LogP contribution in [0.4, 0.5) is 0 Å². The van der Waals surface area contributed by atoms with Crippen molar-refractivity contribution in [2.75, 3.05) is 6.61 Å². The molecule has 100 valence electrons. The van der Waals surface area contributed by atoms with E-state index in [0.717, 1.165) is 31.4 Å². The average Bonchev–Trinajstić information content (AvgIpc) is 3.09. The third-order valence-corrected chi connectivity index (χ3v) is 3.19. The largest absolute Gasteiger partial charge is 0.494 e. The molecule has 2 nitrogen and oxygen atoms in total. The second kappa shape index (κ2) is 5.75. The smallest absolute Gasteiger partial charge is 0.119 e. The Morgan fingerprint density at radius 2 is 2.06 bits per heavy atom. The van der Waals surface area contributed by atoms with Crippen molar-refractivity contribution in [1.82, 2.24) is 5.32 Å². The lowest BCUT2D eigenvalue weighted by Gasteiger charge is -2.18. The summed E-state index contributed by atoms with van der Waals surface area (Å²) in [6.07, 6.45) is 3.75. The van der Waals surface area contributed by atoms with Crippen molar-refractivity contribution >= 4 is 0 Å². The molecule has 1 N–H and O–H groups in total. The van der Waals surface area contributed by atoms with E-state index in [9.17, 15) is 0 Å². The van der Waals surface area contributed by atoms with Crippen LogP contribution < -0.4 is 10.1 Å². The molecule has 1 aliphatic carbocycles. The average molecular weight is 247 g/mol. The molecule has 1 aromatic carbocycles. The van der Waals surface area contributed by atoms with Crippen molar-refractivity contribution < 1.29 is 4.74 Å². The van der Waals surface area contributed by atoms with Crippen LogP contribution in [0.1, 0.15) is 45.6 Å². The topological polar surface area (TPSA) is 21.3 Å². The Bertz CT molecular complexity index is 377. The molecule has 1 aliphatic rings. The van der Waals surface area contributed by atoms with Crippen molar-refractivity contribution in [3.63, 3.8) is 0 Å². The lowest BCUT2D eigenvalue weighted by molar-refractivity contribution is 0.243. The van der Waals surface area contributed by atoms with Crippen LogP contribution in [0.5, 0.6) is 5.75 Å². The molecule has 1 fully saturated rings. The van der Waals surface area contributed by atoms with Gasteiger partial charge >= 0.3 is 0 Å². The molecule has 0 radical (unpaired) electrons. The third-order valence-electron chi connectivity index (χ3n) is 3.19. The summed E-state index contributed by atoms with van der Waals surface area (Å²) in [7, 11) is 0. The molecule has 0 amide bonds. The summed E-state index contributed by atoms with van der Waals surface area (Å²) in [4.78, 5) is 0. The molecule has 0 bridgehead atoms. The van der Waals surface area contributed by atoms with Crippen LogP contribution in [0.25, 0.3) is 0 Å². The van der Waals surface area contributed by atoms with Crippen LogP contribution in [0.15, 0.2) is 24.3 Å². The van der Waals surface area contributed by atoms with E-state index in [4.69, 9.17) is 4.74 Å². The summed E-state index contributed by atoms with van der Waals surface area (Å²) in [5.41, 5.74) is 1.65. The maximum Gasteiger partial charge on any atom is 0.119 e. The zero-order chi connectivity index (χ0) is 13.0. The van der Waals surface area contributed by atoms with Crippen LogP contribution >= 0.6 is 0 Å². The van der Waals surface area contributed by atoms with Crippen molar-refractivity contribution in [2.45, 2.75) is 52.6 Å². The van der Waals surface area contributed by atoms with E-state index in [1.807, 2.05) is 6.07 Å². The number of hydrogen-bond donors (Lipinski definition) is 1. The van der Waals surface area contributed by atoms with E-state index in [1.165, 1.54) is 18.4 Å². The molecule has 1 aromatic rings. The summed E-state index contributed by atoms with van der Waals surface area (Å²) in [5.74, 6) is 0.995. The Morgan fingerprint density at radius 1 is 1.28 bits per heavy atom. The summed E-state index contributed by atoms with van der Waals surface area (Å²) in [5, 5.41) is 3.52. The van der Waals surface area contributed by atoms with E-state index in [0.29, 0.717) is 5.41 Å². The number of nitrogens with one attached hydrogen (secondary N) is 1. The number of rotatable bonds is 6. The maximum atomic E-state index is 5.82. The first kappa shape index (κ1) is 13.4. The first-order chi connectivity index (χ1) is 8.53. The molecular weight excluding hydrogens is 222 g/mol. The van der Waals surface area contributed by atoms with Gasteiger partial charge in [0.25, 0.3) is 0 Å². The van der Waals surface area contributed by atoms with Crippen molar-refractivity contribution in [3.05, 3.63) is 29.8 Å². The Hall–Kier alpha value is -1.02. The van der Waals surface area contributed by atoms with Gasteiger partial charge in [-0.05, 0) is 42.4 Å². The van der Waals surface area contributed by atoms with Gasteiger partial charge in [-0.25, -0.2) is 0 Å². The highest BCUT2D eigenvalue weighted by atomic mass is 16.5. The lowest BCUT2D eigenvalue weighted by atomic mass is 9.93. The molecule has 0 atom stereocenters. The summed E-state index contributed by atoms with van der Waals surface area (Å²) in [6, 6.07) is 9.19. The van der Waals surface area contributed by atoms with Gasteiger partial charge in [-0.1, -0.05) is 32.9 Å². The standard InChI is InChI=1S/C16H25NO/c1-16(2,3)9-10-18-15-6-4-5-13(11-15)12-17-14-7-8-14/h4-6,11,14,17H,7-10,12H2,1-3H3. The SMILES string of the molecule is CC(C)(C)CCOc1cccc(CNC2CC2)c1. The molecule has 2 heteroatoms. The Labute approximate surface area is 111 Å². The van der Waals surface area contributed by atoms with E-state index in [-0.39, 0.29) is 0 Å². The molecule has 2 rings (SSSR count). The van der Waals surface area contributed by atoms with Gasteiger partial charge in [-0.3, -0.25) is 0 Å². The highest BCUT2D eigenvalue weighted by molar-refractivity contribution is 5.28. The van der Waals surface area contributed by atoms with Gasteiger partial charge in [0, 0.05) is 12.6 Å². The minimum absolute atomic E-state index is 0.338. The predicted molar refractivity (Wildman–Crippen MR) is 75.9 cm³/mol. The van der Waals surface area contributed by atoms with Crippen LogP contribution in [0.3, 0.4) is 0 Å². The van der Waals surface area contributed by atoms with Gasteiger partial charge in [-0.15, -0.1) is 0 Å². The van der Waals surface area contributed by atoms with E-state index >= 15 is 0 Å². The highest BCUT2D eigenvalue weighted by Crippen LogP contribution is 2.21. The molecule has 1 saturated carbocycles. The second-order valence-electron chi connectivity index (χ2n) is 6.46. The summed E-state index contributed by atoms with van der Waals surface area (Å²) >= 11 is 0. The minimum Gasteiger partial charge on any atom is -0.494 e. The van der Waals surface area contributed by atoms with E-state index in [2.05, 4.69) is 44.3 Å². The van der Waals surface area contributed by atoms with Gasteiger partial charge in [0.15, 0.2) is 0 Å². The van der Waals surface area contributed by atoms with Crippen molar-refractivity contribution in [3.8, 4) is 5.75 Å². The molecule has 0 heterocycles. The number of ether oxygens (including phenoxy) is 1. The van der Waals surface area contributed by atoms with Gasteiger partial charge in [-0.2, -0.15) is 0 Å². The van der Waals surface area contributed by atoms with Crippen molar-refractivity contribution in [1.29, 1.82) is 0 Å². The summed E-state index contributed by atoms with van der Waals surface area (Å²) < 4.78 is 5.82. The molecule has 18 heavy (non-hydrogen) atoms. The van der Waals surface area contributed by atoms with Gasteiger partial charge in [0.2, 0.25) is 0 Å². The van der Waals surface area contributed by atoms with Crippen LogP contribution in [0.2, 0.25) is 0 Å². The van der Waals surface area contributed by atoms with Gasteiger partial charge < -0.3 is 10.1 Å². The van der Waals surface area contributed by atoms with Crippen LogP contribution in [-0.4, -0.2) is 12.6 Å². The highest BCUT2D eigenvalue weighted by Gasteiger charge is 2.19. The number of benzene rings is 1. The fraction of sp³-hybridized carbons (Fsp3) is 0.625. The zero-order valence-corrected chi connectivity index (χ0v) is 11.8. The Balaban J connectivity index is 1.78. The van der Waals surface area contributed by atoms with Crippen LogP contribution in [-0.2, 0) is 6.54 Å². The first-order valence-electron chi connectivity index (χ1n) is 6.98. The van der Waals surface area contributed by atoms with E-state index < -0.39 is 0 Å². The Morgan fingerprint density at radius 3 is 2.72 bits per heavy atom. The molecule has 0 unspecified atom stereocenters. The first-order valence-corrected chi connectivity index (χ1v) is 6.98. The number of hydrogen-bond acceptors (Lipinski definition) is 2.